The molecule has 1 unspecified atom stereocenters. The zero-order valence-corrected chi connectivity index (χ0v) is 13.0. The lowest BCUT2D eigenvalue weighted by atomic mass is 10.1. The van der Waals surface area contributed by atoms with E-state index < -0.39 is 5.91 Å². The molecule has 0 aliphatic heterocycles. The summed E-state index contributed by atoms with van der Waals surface area (Å²) < 4.78 is 0. The number of anilines is 2. The van der Waals surface area contributed by atoms with E-state index in [0.29, 0.717) is 22.9 Å². The Morgan fingerprint density at radius 1 is 1.38 bits per heavy atom. The van der Waals surface area contributed by atoms with Crippen molar-refractivity contribution in [1.29, 1.82) is 0 Å². The van der Waals surface area contributed by atoms with Crippen molar-refractivity contribution in [2.24, 2.45) is 5.73 Å². The molecule has 0 heterocycles. The van der Waals surface area contributed by atoms with E-state index in [4.69, 9.17) is 23.1 Å². The number of benzene rings is 1. The Hall–Kier alpha value is -1.95. The molecule has 0 radical (unpaired) electrons. The highest BCUT2D eigenvalue weighted by Crippen LogP contribution is 2.28. The fourth-order valence-corrected chi connectivity index (χ4v) is 2.05. The van der Waals surface area contributed by atoms with Gasteiger partial charge in [0, 0.05) is 24.7 Å². The van der Waals surface area contributed by atoms with Gasteiger partial charge in [-0.2, -0.15) is 0 Å². The van der Waals surface area contributed by atoms with Crippen LogP contribution < -0.4 is 22.1 Å². The van der Waals surface area contributed by atoms with Crippen molar-refractivity contribution < 1.29 is 9.59 Å². The minimum Gasteiger partial charge on any atom is -0.399 e. The molecule has 7 heteroatoms. The average molecular weight is 313 g/mol. The minimum atomic E-state index is -0.629. The number of nitrogens with one attached hydrogen (secondary N) is 2. The van der Waals surface area contributed by atoms with Crippen LogP contribution in [0.15, 0.2) is 12.1 Å². The van der Waals surface area contributed by atoms with E-state index in [-0.39, 0.29) is 23.9 Å². The first-order valence-electron chi connectivity index (χ1n) is 6.77. The number of amides is 2. The van der Waals surface area contributed by atoms with Gasteiger partial charge in [0.15, 0.2) is 0 Å². The third-order valence-electron chi connectivity index (χ3n) is 3.05. The van der Waals surface area contributed by atoms with E-state index in [1.165, 1.54) is 12.1 Å². The number of nitrogen functional groups attached to an aromatic ring is 1. The van der Waals surface area contributed by atoms with Gasteiger partial charge < -0.3 is 22.1 Å². The van der Waals surface area contributed by atoms with E-state index in [0.717, 1.165) is 6.42 Å². The third-order valence-corrected chi connectivity index (χ3v) is 3.35. The summed E-state index contributed by atoms with van der Waals surface area (Å²) >= 11 is 6.05. The van der Waals surface area contributed by atoms with Gasteiger partial charge in [0.25, 0.3) is 5.91 Å². The number of halogens is 1. The fraction of sp³-hybridized carbons (Fsp3) is 0.429. The first-order valence-corrected chi connectivity index (χ1v) is 7.15. The number of nitrogens with two attached hydrogens (primary N) is 2. The standard InChI is InChI=1S/C14H21ClN4O2/c1-3-8(2)19-12(20)4-5-18-13-10(14(17)21)6-9(16)7-11(13)15/h6-8,18H,3-5,16H2,1-2H3,(H2,17,21)(H,19,20). The number of hydrogen-bond donors (Lipinski definition) is 4. The number of carbonyl (C=O) groups is 2. The van der Waals surface area contributed by atoms with Crippen LogP contribution in [0.4, 0.5) is 11.4 Å². The van der Waals surface area contributed by atoms with Crippen LogP contribution in [0.2, 0.25) is 5.02 Å². The SMILES string of the molecule is CCC(C)NC(=O)CCNc1c(Cl)cc(N)cc1C(N)=O. The summed E-state index contributed by atoms with van der Waals surface area (Å²) in [5.41, 5.74) is 11.9. The number of rotatable bonds is 7. The highest BCUT2D eigenvalue weighted by Gasteiger charge is 2.13. The van der Waals surface area contributed by atoms with Gasteiger partial charge >= 0.3 is 0 Å². The summed E-state index contributed by atoms with van der Waals surface area (Å²) in [5, 5.41) is 6.11. The molecule has 116 valence electrons. The molecule has 1 atom stereocenters. The van der Waals surface area contributed by atoms with Gasteiger partial charge in [-0.15, -0.1) is 0 Å². The van der Waals surface area contributed by atoms with Crippen LogP contribution in [-0.2, 0) is 4.79 Å². The van der Waals surface area contributed by atoms with Gasteiger partial charge in [-0.05, 0) is 25.5 Å². The normalized spacial score (nSPS) is 11.8. The summed E-state index contributed by atoms with van der Waals surface area (Å²) in [7, 11) is 0. The molecule has 0 saturated heterocycles. The van der Waals surface area contributed by atoms with Crippen LogP contribution in [0.3, 0.4) is 0 Å². The summed E-state index contributed by atoms with van der Waals surface area (Å²) in [6, 6.07) is 3.12. The van der Waals surface area contributed by atoms with Crippen LogP contribution in [0, 0.1) is 0 Å². The third kappa shape index (κ3) is 5.15. The summed E-state index contributed by atoms with van der Waals surface area (Å²) in [6.45, 7) is 4.27. The lowest BCUT2D eigenvalue weighted by Crippen LogP contribution is -2.33. The second-order valence-corrected chi connectivity index (χ2v) is 5.25. The Bertz CT molecular complexity index is 534. The van der Waals surface area contributed by atoms with E-state index in [1.54, 1.807) is 0 Å². The van der Waals surface area contributed by atoms with Crippen molar-refractivity contribution in [3.8, 4) is 0 Å². The molecular formula is C14H21ClN4O2. The summed E-state index contributed by atoms with van der Waals surface area (Å²) in [6.07, 6.45) is 1.14. The predicted molar refractivity (Wildman–Crippen MR) is 85.4 cm³/mol. The predicted octanol–water partition coefficient (Wildman–Crippen LogP) is 1.74. The molecule has 0 aliphatic carbocycles. The zero-order valence-electron chi connectivity index (χ0n) is 12.2. The molecule has 0 aliphatic rings. The monoisotopic (exact) mass is 312 g/mol. The molecule has 6 N–H and O–H groups in total. The van der Waals surface area contributed by atoms with Gasteiger partial charge in [-0.25, -0.2) is 0 Å². The molecule has 0 saturated carbocycles. The average Bonchev–Trinajstić information content (AvgIpc) is 2.40. The Labute approximate surface area is 129 Å². The van der Waals surface area contributed by atoms with Crippen molar-refractivity contribution in [3.05, 3.63) is 22.7 Å². The van der Waals surface area contributed by atoms with Gasteiger partial charge in [0.05, 0.1) is 16.3 Å². The number of carbonyl (C=O) groups excluding carboxylic acids is 2. The molecule has 1 aromatic rings. The highest BCUT2D eigenvalue weighted by molar-refractivity contribution is 6.34. The molecule has 6 nitrogen and oxygen atoms in total. The molecule has 1 rings (SSSR count). The van der Waals surface area contributed by atoms with Crippen LogP contribution in [-0.4, -0.2) is 24.4 Å². The van der Waals surface area contributed by atoms with E-state index in [1.807, 2.05) is 13.8 Å². The number of primary amides is 1. The Balaban J connectivity index is 2.67. The van der Waals surface area contributed by atoms with Gasteiger partial charge in [-0.1, -0.05) is 18.5 Å². The molecule has 0 bridgehead atoms. The lowest BCUT2D eigenvalue weighted by molar-refractivity contribution is -0.121. The fourth-order valence-electron chi connectivity index (χ4n) is 1.75. The summed E-state index contributed by atoms with van der Waals surface area (Å²) in [5.74, 6) is -0.695. The van der Waals surface area contributed by atoms with Gasteiger partial charge in [0.1, 0.15) is 0 Å². The molecular weight excluding hydrogens is 292 g/mol. The maximum atomic E-state index is 11.7. The first kappa shape index (κ1) is 17.1. The van der Waals surface area contributed by atoms with Crippen LogP contribution in [0.1, 0.15) is 37.0 Å². The largest absolute Gasteiger partial charge is 0.399 e. The van der Waals surface area contributed by atoms with Gasteiger partial charge in [0.2, 0.25) is 5.91 Å². The van der Waals surface area contributed by atoms with E-state index in [2.05, 4.69) is 10.6 Å². The zero-order chi connectivity index (χ0) is 16.0. The van der Waals surface area contributed by atoms with Crippen molar-refractivity contribution in [3.63, 3.8) is 0 Å². The van der Waals surface area contributed by atoms with Crippen LogP contribution >= 0.6 is 11.6 Å². The van der Waals surface area contributed by atoms with Crippen molar-refractivity contribution >= 4 is 34.8 Å². The number of hydrogen-bond acceptors (Lipinski definition) is 4. The molecule has 0 fully saturated rings. The first-order chi connectivity index (χ1) is 9.85. The smallest absolute Gasteiger partial charge is 0.250 e. The van der Waals surface area contributed by atoms with Crippen molar-refractivity contribution in [2.75, 3.05) is 17.6 Å². The quantitative estimate of drug-likeness (QED) is 0.575. The van der Waals surface area contributed by atoms with E-state index in [9.17, 15) is 9.59 Å². The second-order valence-electron chi connectivity index (χ2n) is 4.84. The Morgan fingerprint density at radius 2 is 2.05 bits per heavy atom. The van der Waals surface area contributed by atoms with Crippen molar-refractivity contribution in [1.82, 2.24) is 5.32 Å². The molecule has 0 spiro atoms. The minimum absolute atomic E-state index is 0.0657. The van der Waals surface area contributed by atoms with E-state index >= 15 is 0 Å². The highest BCUT2D eigenvalue weighted by atomic mass is 35.5. The lowest BCUT2D eigenvalue weighted by Gasteiger charge is -2.14. The molecule has 1 aromatic carbocycles. The molecule has 0 aromatic heterocycles. The maximum Gasteiger partial charge on any atom is 0.250 e. The van der Waals surface area contributed by atoms with Crippen LogP contribution in [0.5, 0.6) is 0 Å². The second kappa shape index (κ2) is 7.73. The topological polar surface area (TPSA) is 110 Å². The Kier molecular flexibility index (Phi) is 6.30. The molecule has 2 amide bonds. The van der Waals surface area contributed by atoms with Crippen molar-refractivity contribution in [2.45, 2.75) is 32.7 Å². The van der Waals surface area contributed by atoms with Crippen LogP contribution in [0.25, 0.3) is 0 Å². The molecule has 21 heavy (non-hydrogen) atoms. The summed E-state index contributed by atoms with van der Waals surface area (Å²) in [4.78, 5) is 23.1. The Morgan fingerprint density at radius 3 is 2.62 bits per heavy atom. The van der Waals surface area contributed by atoms with Gasteiger partial charge in [-0.3, -0.25) is 9.59 Å². The maximum absolute atomic E-state index is 11.7.